The van der Waals surface area contributed by atoms with Crippen LogP contribution in [0.3, 0.4) is 0 Å². The zero-order valence-corrected chi connectivity index (χ0v) is 11.1. The van der Waals surface area contributed by atoms with Crippen molar-refractivity contribution in [1.29, 1.82) is 5.26 Å². The highest BCUT2D eigenvalue weighted by molar-refractivity contribution is 5.66. The van der Waals surface area contributed by atoms with E-state index in [1.165, 1.54) is 17.5 Å². The van der Waals surface area contributed by atoms with Crippen LogP contribution in [0.1, 0.15) is 30.9 Å². The number of allylic oxidation sites excluding steroid dienone is 1. The Bertz CT molecular complexity index is 583. The largest absolute Gasteiger partial charge is 0.192 e. The number of benzene rings is 2. The van der Waals surface area contributed by atoms with Crippen LogP contribution < -0.4 is 0 Å². The summed E-state index contributed by atoms with van der Waals surface area (Å²) >= 11 is 0. The van der Waals surface area contributed by atoms with Gasteiger partial charge in [-0.15, -0.1) is 0 Å². The third-order valence-electron chi connectivity index (χ3n) is 3.02. The van der Waals surface area contributed by atoms with Crippen LogP contribution in [-0.2, 0) is 0 Å². The molecule has 19 heavy (non-hydrogen) atoms. The zero-order valence-electron chi connectivity index (χ0n) is 11.1. The molecule has 0 aliphatic carbocycles. The molecule has 1 heteroatoms. The highest BCUT2D eigenvalue weighted by atomic mass is 14.2. The first-order valence-corrected chi connectivity index (χ1v) is 6.60. The van der Waals surface area contributed by atoms with Crippen LogP contribution in [0.4, 0.5) is 0 Å². The molecule has 0 heterocycles. The van der Waals surface area contributed by atoms with E-state index in [1.807, 2.05) is 24.3 Å². The van der Waals surface area contributed by atoms with Gasteiger partial charge in [0.2, 0.25) is 0 Å². The third-order valence-corrected chi connectivity index (χ3v) is 3.02. The molecular weight excluding hydrogens is 230 g/mol. The maximum Gasteiger partial charge on any atom is 0.0991 e. The van der Waals surface area contributed by atoms with Gasteiger partial charge in [-0.05, 0) is 35.2 Å². The third kappa shape index (κ3) is 3.56. The van der Waals surface area contributed by atoms with Crippen molar-refractivity contribution in [2.75, 3.05) is 0 Å². The Morgan fingerprint density at radius 2 is 1.53 bits per heavy atom. The summed E-state index contributed by atoms with van der Waals surface area (Å²) in [5.41, 5.74) is 4.24. The molecule has 2 rings (SSSR count). The Morgan fingerprint density at radius 3 is 2.05 bits per heavy atom. The van der Waals surface area contributed by atoms with Crippen LogP contribution in [0.5, 0.6) is 0 Å². The lowest BCUT2D eigenvalue weighted by molar-refractivity contribution is 0.962. The molecule has 1 nitrogen and oxygen atoms in total. The number of unbranched alkanes of at least 4 members (excludes halogenated alkanes) is 1. The minimum atomic E-state index is 0.697. The molecule has 0 saturated heterocycles. The second kappa shape index (κ2) is 6.56. The van der Waals surface area contributed by atoms with Gasteiger partial charge in [0.05, 0.1) is 11.6 Å². The Balaban J connectivity index is 2.15. The lowest BCUT2D eigenvalue weighted by atomic mass is 10.0. The van der Waals surface area contributed by atoms with Gasteiger partial charge < -0.3 is 0 Å². The summed E-state index contributed by atoms with van der Waals surface area (Å²) in [6, 6.07) is 18.3. The quantitative estimate of drug-likeness (QED) is 0.742. The molecule has 0 amide bonds. The minimum absolute atomic E-state index is 0.697. The SMILES string of the molecule is CCCC=Cc1ccc(-c2ccc(C#N)cc2)cc1. The normalized spacial score (nSPS) is 10.5. The van der Waals surface area contributed by atoms with E-state index in [-0.39, 0.29) is 0 Å². The fraction of sp³-hybridized carbons (Fsp3) is 0.167. The van der Waals surface area contributed by atoms with Gasteiger partial charge in [0.1, 0.15) is 0 Å². The van der Waals surface area contributed by atoms with E-state index in [0.717, 1.165) is 12.0 Å². The summed E-state index contributed by atoms with van der Waals surface area (Å²) < 4.78 is 0. The van der Waals surface area contributed by atoms with Crippen molar-refractivity contribution in [2.45, 2.75) is 19.8 Å². The van der Waals surface area contributed by atoms with Crippen molar-refractivity contribution >= 4 is 6.08 Å². The van der Waals surface area contributed by atoms with E-state index in [9.17, 15) is 0 Å². The van der Waals surface area contributed by atoms with Crippen molar-refractivity contribution < 1.29 is 0 Å². The van der Waals surface area contributed by atoms with E-state index in [4.69, 9.17) is 5.26 Å². The topological polar surface area (TPSA) is 23.8 Å². The van der Waals surface area contributed by atoms with Gasteiger partial charge in [0, 0.05) is 0 Å². The van der Waals surface area contributed by atoms with Gasteiger partial charge in [0.15, 0.2) is 0 Å². The molecule has 2 aromatic rings. The molecule has 0 atom stereocenters. The standard InChI is InChI=1S/C18H17N/c1-2-3-4-5-15-6-10-17(11-7-15)18-12-8-16(14-19)9-13-18/h4-13H,2-3H2,1H3. The van der Waals surface area contributed by atoms with Crippen LogP contribution in [0.2, 0.25) is 0 Å². The lowest BCUT2D eigenvalue weighted by Crippen LogP contribution is -1.80. The molecule has 0 radical (unpaired) electrons. The molecule has 0 spiro atoms. The van der Waals surface area contributed by atoms with Gasteiger partial charge in [-0.25, -0.2) is 0 Å². The van der Waals surface area contributed by atoms with Crippen LogP contribution >= 0.6 is 0 Å². The van der Waals surface area contributed by atoms with Gasteiger partial charge in [-0.3, -0.25) is 0 Å². The van der Waals surface area contributed by atoms with E-state index in [2.05, 4.69) is 49.4 Å². The smallest absolute Gasteiger partial charge is 0.0991 e. The monoisotopic (exact) mass is 247 g/mol. The van der Waals surface area contributed by atoms with Crippen LogP contribution in [0.25, 0.3) is 17.2 Å². The summed E-state index contributed by atoms with van der Waals surface area (Å²) in [4.78, 5) is 0. The average molecular weight is 247 g/mol. The van der Waals surface area contributed by atoms with Crippen molar-refractivity contribution in [3.8, 4) is 17.2 Å². The Morgan fingerprint density at radius 1 is 0.947 bits per heavy atom. The summed E-state index contributed by atoms with van der Waals surface area (Å²) in [6.07, 6.45) is 6.67. The first-order valence-electron chi connectivity index (χ1n) is 6.60. The zero-order chi connectivity index (χ0) is 13.5. The molecule has 0 aliphatic heterocycles. The summed E-state index contributed by atoms with van der Waals surface area (Å²) in [5, 5.41) is 8.78. The molecule has 0 fully saturated rings. The van der Waals surface area contributed by atoms with E-state index < -0.39 is 0 Å². The number of hydrogen-bond donors (Lipinski definition) is 0. The Labute approximate surface area is 114 Å². The first-order chi connectivity index (χ1) is 9.33. The van der Waals surface area contributed by atoms with Gasteiger partial charge in [-0.2, -0.15) is 5.26 Å². The number of nitriles is 1. The maximum atomic E-state index is 8.78. The lowest BCUT2D eigenvalue weighted by Gasteiger charge is -2.02. The van der Waals surface area contributed by atoms with Crippen LogP contribution in [-0.4, -0.2) is 0 Å². The molecule has 2 aromatic carbocycles. The van der Waals surface area contributed by atoms with Gasteiger partial charge >= 0.3 is 0 Å². The van der Waals surface area contributed by atoms with Crippen LogP contribution in [0, 0.1) is 11.3 Å². The number of nitrogens with zero attached hydrogens (tertiary/aromatic N) is 1. The second-order valence-electron chi connectivity index (χ2n) is 4.50. The van der Waals surface area contributed by atoms with Crippen LogP contribution in [0.15, 0.2) is 54.6 Å². The Kier molecular flexibility index (Phi) is 4.53. The predicted molar refractivity (Wildman–Crippen MR) is 80.5 cm³/mol. The fourth-order valence-electron chi connectivity index (χ4n) is 1.91. The molecule has 0 saturated carbocycles. The Hall–Kier alpha value is -2.33. The van der Waals surface area contributed by atoms with Gasteiger partial charge in [0.25, 0.3) is 0 Å². The molecule has 0 unspecified atom stereocenters. The summed E-state index contributed by atoms with van der Waals surface area (Å²) in [5.74, 6) is 0. The van der Waals surface area contributed by atoms with Crippen molar-refractivity contribution in [2.24, 2.45) is 0 Å². The molecule has 0 aliphatic rings. The first kappa shape index (κ1) is 13.1. The van der Waals surface area contributed by atoms with Crippen molar-refractivity contribution in [1.82, 2.24) is 0 Å². The predicted octanol–water partition coefficient (Wildman–Crippen LogP) is 5.04. The highest BCUT2D eigenvalue weighted by Gasteiger charge is 1.97. The van der Waals surface area contributed by atoms with Gasteiger partial charge in [-0.1, -0.05) is 61.9 Å². The van der Waals surface area contributed by atoms with Crippen molar-refractivity contribution in [3.63, 3.8) is 0 Å². The van der Waals surface area contributed by atoms with Crippen molar-refractivity contribution in [3.05, 3.63) is 65.7 Å². The highest BCUT2D eigenvalue weighted by Crippen LogP contribution is 2.20. The number of hydrogen-bond acceptors (Lipinski definition) is 1. The fourth-order valence-corrected chi connectivity index (χ4v) is 1.91. The summed E-state index contributed by atoms with van der Waals surface area (Å²) in [7, 11) is 0. The molecule has 0 aromatic heterocycles. The summed E-state index contributed by atoms with van der Waals surface area (Å²) in [6.45, 7) is 2.18. The molecule has 94 valence electrons. The average Bonchev–Trinajstić information content (AvgIpc) is 2.48. The minimum Gasteiger partial charge on any atom is -0.192 e. The van der Waals surface area contributed by atoms with E-state index in [0.29, 0.717) is 5.56 Å². The second-order valence-corrected chi connectivity index (χ2v) is 4.50. The van der Waals surface area contributed by atoms with E-state index >= 15 is 0 Å². The molecule has 0 N–H and O–H groups in total. The maximum absolute atomic E-state index is 8.78. The molecule has 0 bridgehead atoms. The molecular formula is C18H17N. The number of rotatable bonds is 4. The van der Waals surface area contributed by atoms with E-state index in [1.54, 1.807) is 0 Å².